The minimum Gasteiger partial charge on any atom is -0.497 e. The first-order valence-corrected chi connectivity index (χ1v) is 19.9. The molecule has 0 bridgehead atoms. The number of fused-ring (bicyclic) bond motifs is 1. The molecule has 12 nitrogen and oxygen atoms in total. The number of benzene rings is 4. The van der Waals surface area contributed by atoms with E-state index in [2.05, 4.69) is 52.2 Å². The summed E-state index contributed by atoms with van der Waals surface area (Å²) in [5.74, 6) is -0.879. The molecule has 0 saturated carbocycles. The third-order valence-electron chi connectivity index (χ3n) is 9.49. The molecule has 0 spiro atoms. The maximum Gasteiger partial charge on any atom is 0.355 e. The molecule has 2 aliphatic rings. The number of esters is 1. The molecule has 1 fully saturated rings. The number of nitrogens with one attached hydrogen (secondary N) is 2. The van der Waals surface area contributed by atoms with Crippen LogP contribution in [-0.4, -0.2) is 76.5 Å². The van der Waals surface area contributed by atoms with Crippen molar-refractivity contribution in [2.75, 3.05) is 31.9 Å². The van der Waals surface area contributed by atoms with E-state index in [1.165, 1.54) is 41.2 Å². The topological polar surface area (TPSA) is 152 Å². The van der Waals surface area contributed by atoms with Crippen molar-refractivity contribution < 1.29 is 33.8 Å². The molecule has 14 heteroatoms. The first-order chi connectivity index (χ1) is 27.9. The fourth-order valence-electron chi connectivity index (χ4n) is 6.78. The maximum atomic E-state index is 13.9. The Labute approximate surface area is 337 Å². The van der Waals surface area contributed by atoms with Gasteiger partial charge in [-0.15, -0.1) is 23.1 Å². The number of aromatic nitrogens is 1. The van der Waals surface area contributed by atoms with Gasteiger partial charge >= 0.3 is 5.97 Å². The van der Waals surface area contributed by atoms with Crippen LogP contribution >= 0.6 is 23.1 Å². The Morgan fingerprint density at radius 2 is 1.54 bits per heavy atom. The number of amides is 2. The quantitative estimate of drug-likeness (QED) is 0.0387. The van der Waals surface area contributed by atoms with Gasteiger partial charge < -0.3 is 30.1 Å². The Balaban J connectivity index is 1.12. The number of hydrogen-bond donors (Lipinski definition) is 3. The van der Waals surface area contributed by atoms with E-state index in [1.54, 1.807) is 42.8 Å². The molecule has 5 aromatic rings. The number of methoxy groups -OCH3 is 1. The van der Waals surface area contributed by atoms with Gasteiger partial charge in [-0.3, -0.25) is 14.5 Å². The molecule has 290 valence electrons. The van der Waals surface area contributed by atoms with Gasteiger partial charge in [-0.25, -0.2) is 9.78 Å². The van der Waals surface area contributed by atoms with Crippen LogP contribution in [0.25, 0.3) is 0 Å². The molecule has 4 aromatic carbocycles. The summed E-state index contributed by atoms with van der Waals surface area (Å²) >= 11 is 2.67. The average Bonchev–Trinajstić information content (AvgIpc) is 3.73. The van der Waals surface area contributed by atoms with Gasteiger partial charge in [-0.05, 0) is 40.0 Å². The summed E-state index contributed by atoms with van der Waals surface area (Å²) in [6, 6.07) is 36.3. The van der Waals surface area contributed by atoms with Gasteiger partial charge in [-0.1, -0.05) is 120 Å². The van der Waals surface area contributed by atoms with E-state index in [4.69, 9.17) is 19.3 Å². The molecular formula is C43H39N5O7S2. The van der Waals surface area contributed by atoms with Crippen molar-refractivity contribution in [2.24, 2.45) is 5.16 Å². The van der Waals surface area contributed by atoms with Crippen molar-refractivity contribution >= 4 is 51.7 Å². The summed E-state index contributed by atoms with van der Waals surface area (Å²) in [6.07, 6.45) is 3.09. The molecule has 2 atom stereocenters. The van der Waals surface area contributed by atoms with Crippen LogP contribution in [0.2, 0.25) is 0 Å². The molecule has 2 aliphatic heterocycles. The summed E-state index contributed by atoms with van der Waals surface area (Å²) in [6.45, 7) is -0.284. The van der Waals surface area contributed by atoms with E-state index in [9.17, 15) is 19.5 Å². The number of aliphatic hydroxyl groups is 1. The highest BCUT2D eigenvalue weighted by Crippen LogP contribution is 2.42. The Morgan fingerprint density at radius 1 is 0.930 bits per heavy atom. The molecular weight excluding hydrogens is 763 g/mol. The second-order valence-corrected chi connectivity index (χ2v) is 14.8. The number of thioether (sulfide) groups is 1. The van der Waals surface area contributed by atoms with Crippen LogP contribution in [0.5, 0.6) is 5.75 Å². The van der Waals surface area contributed by atoms with Gasteiger partial charge in [0, 0.05) is 11.1 Å². The summed E-state index contributed by atoms with van der Waals surface area (Å²) in [5, 5.41) is 21.6. The average molecular weight is 802 g/mol. The number of ether oxygens (including phenoxy) is 2. The highest BCUT2D eigenvalue weighted by molar-refractivity contribution is 8.00. The van der Waals surface area contributed by atoms with Crippen molar-refractivity contribution in [2.45, 2.75) is 23.6 Å². The number of oxime groups is 1. The van der Waals surface area contributed by atoms with Crippen LogP contribution in [0, 0.1) is 0 Å². The Bertz CT molecular complexity index is 2200. The first kappa shape index (κ1) is 39.0. The number of carbonyl (C=O) groups is 3. The van der Waals surface area contributed by atoms with Crippen molar-refractivity contribution in [3.8, 4) is 5.75 Å². The second kappa shape index (κ2) is 17.7. The number of β-lactam (4-membered cyclic amide) rings is 1. The minimum atomic E-state index is -0.976. The molecule has 7 rings (SSSR count). The largest absolute Gasteiger partial charge is 0.497 e. The second-order valence-electron chi connectivity index (χ2n) is 12.9. The molecule has 2 amide bonds. The summed E-state index contributed by atoms with van der Waals surface area (Å²) < 4.78 is 10.8. The van der Waals surface area contributed by atoms with Crippen molar-refractivity contribution in [3.63, 3.8) is 0 Å². The number of thiazole rings is 1. The lowest BCUT2D eigenvalue weighted by Gasteiger charge is -2.49. The lowest BCUT2D eigenvalue weighted by molar-refractivity contribution is -0.153. The third-order valence-corrected chi connectivity index (χ3v) is 11.6. The van der Waals surface area contributed by atoms with Gasteiger partial charge in [0.2, 0.25) is 0 Å². The van der Waals surface area contributed by atoms with Crippen molar-refractivity contribution in [1.82, 2.24) is 15.2 Å². The number of rotatable bonds is 15. The van der Waals surface area contributed by atoms with Crippen LogP contribution in [-0.2, 0) is 36.1 Å². The number of anilines is 1. The maximum absolute atomic E-state index is 13.9. The number of carbonyl (C=O) groups excluding carboxylic acids is 3. The van der Waals surface area contributed by atoms with Crippen LogP contribution in [0.15, 0.2) is 149 Å². The van der Waals surface area contributed by atoms with Crippen LogP contribution in [0.1, 0.15) is 27.9 Å². The summed E-state index contributed by atoms with van der Waals surface area (Å²) in [4.78, 5) is 52.5. The predicted molar refractivity (Wildman–Crippen MR) is 220 cm³/mol. The van der Waals surface area contributed by atoms with E-state index in [0.29, 0.717) is 22.2 Å². The number of hydrogen-bond acceptors (Lipinski definition) is 12. The number of nitrogens with zero attached hydrogens (tertiary/aromatic N) is 3. The van der Waals surface area contributed by atoms with Crippen LogP contribution in [0.3, 0.4) is 0 Å². The summed E-state index contributed by atoms with van der Waals surface area (Å²) in [7, 11) is 2.89. The van der Waals surface area contributed by atoms with E-state index < -0.39 is 34.7 Å². The molecule has 3 N–H and O–H groups in total. The van der Waals surface area contributed by atoms with Gasteiger partial charge in [0.25, 0.3) is 11.8 Å². The monoisotopic (exact) mass is 801 g/mol. The highest BCUT2D eigenvalue weighted by Gasteiger charge is 2.54. The predicted octanol–water partition coefficient (Wildman–Crippen LogP) is 5.85. The van der Waals surface area contributed by atoms with E-state index >= 15 is 0 Å². The zero-order valence-corrected chi connectivity index (χ0v) is 32.7. The standard InChI is InChI=1S/C43H39N5O7S2/c1-53-33-22-20-28(21-23-33)25-55-41(52)37-29(13-12-24-49)26-56-40-36(39(51)48(37)40)45-38(50)35(47-54-2)34-27-57-42(44-34)46-43(30-14-6-3-7-15-30,31-16-8-4-9-17-31)32-18-10-5-11-19-32/h3-23,27,36,40,49H,24-26H2,1-2H3,(H,44,46)(H,45,50)/t36?,40-/m0/s1. The van der Waals surface area contributed by atoms with E-state index in [1.807, 2.05) is 54.6 Å². The fraction of sp³-hybridized carbons (Fsp3) is 0.186. The van der Waals surface area contributed by atoms with Crippen LogP contribution < -0.4 is 15.4 Å². The molecule has 1 aromatic heterocycles. The van der Waals surface area contributed by atoms with Crippen molar-refractivity contribution in [3.05, 3.63) is 172 Å². The lowest BCUT2D eigenvalue weighted by Crippen LogP contribution is -2.71. The van der Waals surface area contributed by atoms with Crippen LogP contribution in [0.4, 0.5) is 5.13 Å². The van der Waals surface area contributed by atoms with Gasteiger partial charge in [0.1, 0.15) is 47.8 Å². The minimum absolute atomic E-state index is 0.0339. The summed E-state index contributed by atoms with van der Waals surface area (Å²) in [5.41, 5.74) is 3.51. The van der Waals surface area contributed by atoms with Crippen molar-refractivity contribution in [1.29, 1.82) is 0 Å². The van der Waals surface area contributed by atoms with E-state index in [0.717, 1.165) is 22.3 Å². The normalized spacial score (nSPS) is 16.8. The molecule has 0 aliphatic carbocycles. The number of allylic oxidation sites excluding steroid dienone is 1. The lowest BCUT2D eigenvalue weighted by atomic mass is 9.77. The molecule has 0 radical (unpaired) electrons. The SMILES string of the molecule is CON=C(C(=O)NC1C(=O)N2C(C(=O)OCc3ccc(OC)cc3)=C(C=CCO)CS[C@@H]12)c1csc(NC(c2ccccc2)(c2ccccc2)c2ccccc2)n1. The van der Waals surface area contributed by atoms with Gasteiger partial charge in [-0.2, -0.15) is 0 Å². The third kappa shape index (κ3) is 8.05. The fourth-order valence-corrected chi connectivity index (χ4v) is 8.85. The zero-order valence-electron chi connectivity index (χ0n) is 31.0. The Hall–Kier alpha value is -6.22. The first-order valence-electron chi connectivity index (χ1n) is 18.0. The number of aliphatic hydroxyl groups excluding tert-OH is 1. The van der Waals surface area contributed by atoms with E-state index in [-0.39, 0.29) is 30.3 Å². The highest BCUT2D eigenvalue weighted by atomic mass is 32.2. The molecule has 1 unspecified atom stereocenters. The smallest absolute Gasteiger partial charge is 0.355 e. The Morgan fingerprint density at radius 3 is 2.11 bits per heavy atom. The molecule has 1 saturated heterocycles. The van der Waals surface area contributed by atoms with Gasteiger partial charge in [0.15, 0.2) is 10.8 Å². The molecule has 3 heterocycles. The zero-order chi connectivity index (χ0) is 39.8. The Kier molecular flexibility index (Phi) is 12.1. The molecule has 57 heavy (non-hydrogen) atoms. The van der Waals surface area contributed by atoms with Gasteiger partial charge in [0.05, 0.1) is 13.7 Å².